The van der Waals surface area contributed by atoms with Gasteiger partial charge in [-0.15, -0.1) is 0 Å². The molecule has 0 heterocycles. The zero-order valence-electron chi connectivity index (χ0n) is 10.5. The average molecular weight is 390 g/mol. The molecule has 1 atom stereocenters. The number of benzene rings is 2. The van der Waals surface area contributed by atoms with Crippen LogP contribution in [0.2, 0.25) is 0 Å². The average Bonchev–Trinajstić information content (AvgIpc) is 2.33. The topological polar surface area (TPSA) is 0 Å². The first-order valence-corrected chi connectivity index (χ1v) is 7.46. The Hall–Kier alpha value is -0.740. The molecule has 100 valence electrons. The molecule has 4 heteroatoms. The SMILES string of the molecule is Cc1ccc(C(Br)c2cc(F)c(Br)cc2F)c(C)c1. The van der Waals surface area contributed by atoms with Crippen LogP contribution in [-0.4, -0.2) is 0 Å². The van der Waals surface area contributed by atoms with Crippen LogP contribution in [0.25, 0.3) is 0 Å². The molecule has 0 aromatic heterocycles. The molecular weight excluding hydrogens is 378 g/mol. The molecule has 2 aromatic rings. The van der Waals surface area contributed by atoms with Crippen LogP contribution < -0.4 is 0 Å². The van der Waals surface area contributed by atoms with E-state index in [1.165, 1.54) is 6.07 Å². The molecule has 19 heavy (non-hydrogen) atoms. The predicted octanol–water partition coefficient (Wildman–Crippen LogP) is 5.83. The Bertz CT molecular complexity index is 624. The van der Waals surface area contributed by atoms with Gasteiger partial charge in [0.15, 0.2) is 0 Å². The summed E-state index contributed by atoms with van der Waals surface area (Å²) >= 11 is 6.44. The van der Waals surface area contributed by atoms with Crippen LogP contribution in [0.3, 0.4) is 0 Å². The summed E-state index contributed by atoms with van der Waals surface area (Å²) in [6.07, 6.45) is 0. The van der Waals surface area contributed by atoms with E-state index in [9.17, 15) is 8.78 Å². The summed E-state index contributed by atoms with van der Waals surface area (Å²) in [6.45, 7) is 3.96. The monoisotopic (exact) mass is 388 g/mol. The van der Waals surface area contributed by atoms with Crippen molar-refractivity contribution in [3.8, 4) is 0 Å². The number of rotatable bonds is 2. The van der Waals surface area contributed by atoms with Gasteiger partial charge in [0.1, 0.15) is 11.6 Å². The fourth-order valence-corrected chi connectivity index (χ4v) is 3.19. The predicted molar refractivity (Wildman–Crippen MR) is 80.7 cm³/mol. The zero-order valence-corrected chi connectivity index (χ0v) is 13.6. The van der Waals surface area contributed by atoms with E-state index in [0.717, 1.165) is 22.8 Å². The molecule has 1 unspecified atom stereocenters. The Morgan fingerprint density at radius 1 is 0.947 bits per heavy atom. The van der Waals surface area contributed by atoms with Crippen LogP contribution in [0.5, 0.6) is 0 Å². The molecule has 0 aliphatic heterocycles. The van der Waals surface area contributed by atoms with Crippen molar-refractivity contribution in [1.82, 2.24) is 0 Å². The first-order valence-electron chi connectivity index (χ1n) is 5.76. The van der Waals surface area contributed by atoms with Crippen molar-refractivity contribution in [3.63, 3.8) is 0 Å². The molecule has 0 amide bonds. The maximum absolute atomic E-state index is 14.0. The summed E-state index contributed by atoms with van der Waals surface area (Å²) in [5.74, 6) is -0.902. The molecule has 0 spiro atoms. The van der Waals surface area contributed by atoms with Gasteiger partial charge in [0.2, 0.25) is 0 Å². The fourth-order valence-electron chi connectivity index (χ4n) is 2.01. The zero-order chi connectivity index (χ0) is 14.2. The normalized spacial score (nSPS) is 12.5. The first-order chi connectivity index (χ1) is 8.90. The van der Waals surface area contributed by atoms with E-state index in [-0.39, 0.29) is 9.30 Å². The van der Waals surface area contributed by atoms with Crippen LogP contribution >= 0.6 is 31.9 Å². The first kappa shape index (κ1) is 14.7. The van der Waals surface area contributed by atoms with Crippen molar-refractivity contribution in [3.05, 3.63) is 68.7 Å². The lowest BCUT2D eigenvalue weighted by atomic mass is 9.98. The second-order valence-corrected chi connectivity index (χ2v) is 6.28. The highest BCUT2D eigenvalue weighted by atomic mass is 79.9. The molecule has 0 bridgehead atoms. The minimum atomic E-state index is -0.467. The van der Waals surface area contributed by atoms with Crippen molar-refractivity contribution in [2.45, 2.75) is 18.7 Å². The van der Waals surface area contributed by atoms with Crippen molar-refractivity contribution in [2.24, 2.45) is 0 Å². The fraction of sp³-hybridized carbons (Fsp3) is 0.200. The van der Waals surface area contributed by atoms with Gasteiger partial charge in [-0.25, -0.2) is 8.78 Å². The van der Waals surface area contributed by atoms with Gasteiger partial charge in [0.05, 0.1) is 9.30 Å². The summed E-state index contributed by atoms with van der Waals surface area (Å²) < 4.78 is 27.6. The van der Waals surface area contributed by atoms with Crippen molar-refractivity contribution >= 4 is 31.9 Å². The highest BCUT2D eigenvalue weighted by molar-refractivity contribution is 9.10. The second kappa shape index (κ2) is 5.71. The lowest BCUT2D eigenvalue weighted by Crippen LogP contribution is -2.00. The quantitative estimate of drug-likeness (QED) is 0.447. The number of aryl methyl sites for hydroxylation is 2. The number of hydrogen-bond donors (Lipinski definition) is 0. The third-order valence-electron chi connectivity index (χ3n) is 3.01. The van der Waals surface area contributed by atoms with Gasteiger partial charge in [0, 0.05) is 5.56 Å². The largest absolute Gasteiger partial charge is 0.207 e. The Labute approximate surface area is 128 Å². The third kappa shape index (κ3) is 3.06. The van der Waals surface area contributed by atoms with Crippen LogP contribution in [0, 0.1) is 25.5 Å². The highest BCUT2D eigenvalue weighted by Gasteiger charge is 2.19. The molecular formula is C15H12Br2F2. The van der Waals surface area contributed by atoms with E-state index in [0.29, 0.717) is 5.56 Å². The van der Waals surface area contributed by atoms with Crippen molar-refractivity contribution < 1.29 is 8.78 Å². The molecule has 0 fully saturated rings. The molecule has 0 saturated heterocycles. The van der Waals surface area contributed by atoms with Crippen LogP contribution in [0.1, 0.15) is 27.1 Å². The van der Waals surface area contributed by atoms with Gasteiger partial charge in [0.25, 0.3) is 0 Å². The molecule has 0 aliphatic rings. The Kier molecular flexibility index (Phi) is 4.41. The summed E-state index contributed by atoms with van der Waals surface area (Å²) in [5.41, 5.74) is 3.42. The number of alkyl halides is 1. The Balaban J connectivity index is 2.49. The van der Waals surface area contributed by atoms with E-state index >= 15 is 0 Å². The van der Waals surface area contributed by atoms with Crippen molar-refractivity contribution in [1.29, 1.82) is 0 Å². The Morgan fingerprint density at radius 2 is 1.63 bits per heavy atom. The summed E-state index contributed by atoms with van der Waals surface area (Å²) in [7, 11) is 0. The maximum Gasteiger partial charge on any atom is 0.137 e. The van der Waals surface area contributed by atoms with Crippen LogP contribution in [-0.2, 0) is 0 Å². The van der Waals surface area contributed by atoms with E-state index in [4.69, 9.17) is 0 Å². The summed E-state index contributed by atoms with van der Waals surface area (Å²) in [6, 6.07) is 8.30. The third-order valence-corrected chi connectivity index (χ3v) is 4.61. The standard InChI is InChI=1S/C15H12Br2F2/c1-8-3-4-10(9(2)5-8)15(17)11-6-14(19)12(16)7-13(11)18/h3-7,15H,1-2H3. The van der Waals surface area contributed by atoms with Gasteiger partial charge < -0.3 is 0 Å². The summed E-state index contributed by atoms with van der Waals surface area (Å²) in [4.78, 5) is -0.365. The summed E-state index contributed by atoms with van der Waals surface area (Å²) in [5, 5.41) is 0. The van der Waals surface area contributed by atoms with Gasteiger partial charge in [-0.05, 0) is 53.0 Å². The molecule has 0 aliphatic carbocycles. The minimum Gasteiger partial charge on any atom is -0.207 e. The van der Waals surface area contributed by atoms with E-state index < -0.39 is 11.6 Å². The van der Waals surface area contributed by atoms with E-state index in [2.05, 4.69) is 31.9 Å². The number of halogens is 4. The highest BCUT2D eigenvalue weighted by Crippen LogP contribution is 2.36. The molecule has 2 rings (SSSR count). The van der Waals surface area contributed by atoms with Gasteiger partial charge >= 0.3 is 0 Å². The molecule has 0 nitrogen and oxygen atoms in total. The van der Waals surface area contributed by atoms with Gasteiger partial charge in [-0.3, -0.25) is 0 Å². The molecule has 0 saturated carbocycles. The Morgan fingerprint density at radius 3 is 2.26 bits per heavy atom. The van der Waals surface area contributed by atoms with Gasteiger partial charge in [-0.2, -0.15) is 0 Å². The van der Waals surface area contributed by atoms with E-state index in [1.54, 1.807) is 0 Å². The second-order valence-electron chi connectivity index (χ2n) is 4.51. The molecule has 0 N–H and O–H groups in total. The molecule has 2 aromatic carbocycles. The minimum absolute atomic E-state index is 0.133. The molecule has 0 radical (unpaired) electrons. The van der Waals surface area contributed by atoms with E-state index in [1.807, 2.05) is 32.0 Å². The van der Waals surface area contributed by atoms with Crippen LogP contribution in [0.4, 0.5) is 8.78 Å². The smallest absolute Gasteiger partial charge is 0.137 e. The van der Waals surface area contributed by atoms with Gasteiger partial charge in [-0.1, -0.05) is 39.7 Å². The number of hydrogen-bond acceptors (Lipinski definition) is 0. The maximum atomic E-state index is 14.0. The lowest BCUT2D eigenvalue weighted by Gasteiger charge is -2.15. The van der Waals surface area contributed by atoms with Crippen molar-refractivity contribution in [2.75, 3.05) is 0 Å². The van der Waals surface area contributed by atoms with Crippen LogP contribution in [0.15, 0.2) is 34.8 Å². The lowest BCUT2D eigenvalue weighted by molar-refractivity contribution is 0.583.